The minimum Gasteiger partial charge on any atom is -0.466 e. The summed E-state index contributed by atoms with van der Waals surface area (Å²) < 4.78 is 4.84. The van der Waals surface area contributed by atoms with Gasteiger partial charge in [0.2, 0.25) is 0 Å². The van der Waals surface area contributed by atoms with Crippen molar-refractivity contribution >= 4 is 11.8 Å². The van der Waals surface area contributed by atoms with E-state index < -0.39 is 17.4 Å². The molecule has 0 radical (unpaired) electrons. The van der Waals surface area contributed by atoms with E-state index in [1.54, 1.807) is 13.8 Å². The Kier molecular flexibility index (Phi) is 2.95. The molecule has 4 nitrogen and oxygen atoms in total. The van der Waals surface area contributed by atoms with Crippen LogP contribution in [0.25, 0.3) is 0 Å². The van der Waals surface area contributed by atoms with Gasteiger partial charge in [-0.05, 0) is 20.3 Å². The lowest BCUT2D eigenvalue weighted by atomic mass is 9.98. The summed E-state index contributed by atoms with van der Waals surface area (Å²) in [4.78, 5) is 22.9. The summed E-state index contributed by atoms with van der Waals surface area (Å²) in [6.07, 6.45) is 0.172. The van der Waals surface area contributed by atoms with E-state index in [-0.39, 0.29) is 18.2 Å². The third-order valence-corrected chi connectivity index (χ3v) is 2.75. The second-order valence-corrected chi connectivity index (χ2v) is 3.99. The Balaban J connectivity index is 2.75. The molecule has 0 aromatic heterocycles. The maximum Gasteiger partial charge on any atom is 0.309 e. The standard InChI is InChI=1S/C10H16O4/c1-4-14-9(12)7-5-10(3,13)8(11)6(7)2/h6-7,13H,4-5H2,1-3H3/t6-,7+,10+/m1/s1. The quantitative estimate of drug-likeness (QED) is 0.660. The first-order valence-corrected chi connectivity index (χ1v) is 4.83. The third kappa shape index (κ3) is 1.80. The van der Waals surface area contributed by atoms with E-state index in [4.69, 9.17) is 4.74 Å². The predicted molar refractivity (Wildman–Crippen MR) is 49.5 cm³/mol. The Labute approximate surface area is 83.2 Å². The van der Waals surface area contributed by atoms with Crippen LogP contribution in [-0.4, -0.2) is 29.1 Å². The SMILES string of the molecule is CCOC(=O)[C@H]1C[C@](C)(O)C(=O)[C@@H]1C. The lowest BCUT2D eigenvalue weighted by Crippen LogP contribution is -2.30. The van der Waals surface area contributed by atoms with Crippen molar-refractivity contribution in [2.45, 2.75) is 32.8 Å². The van der Waals surface area contributed by atoms with Crippen LogP contribution in [-0.2, 0) is 14.3 Å². The zero-order chi connectivity index (χ0) is 10.9. The summed E-state index contributed by atoms with van der Waals surface area (Å²) in [5.74, 6) is -1.58. The van der Waals surface area contributed by atoms with E-state index in [1.165, 1.54) is 6.92 Å². The molecule has 14 heavy (non-hydrogen) atoms. The molecule has 1 aliphatic rings. The number of ether oxygens (including phenoxy) is 1. The molecule has 1 saturated carbocycles. The van der Waals surface area contributed by atoms with Crippen LogP contribution in [0.3, 0.4) is 0 Å². The molecule has 4 heteroatoms. The molecule has 0 amide bonds. The van der Waals surface area contributed by atoms with E-state index in [2.05, 4.69) is 0 Å². The van der Waals surface area contributed by atoms with Crippen molar-refractivity contribution in [1.82, 2.24) is 0 Å². The topological polar surface area (TPSA) is 63.6 Å². The summed E-state index contributed by atoms with van der Waals surface area (Å²) in [6.45, 7) is 5.13. The van der Waals surface area contributed by atoms with E-state index in [0.717, 1.165) is 0 Å². The van der Waals surface area contributed by atoms with Gasteiger partial charge in [0.25, 0.3) is 0 Å². The van der Waals surface area contributed by atoms with E-state index in [1.807, 2.05) is 0 Å². The third-order valence-electron chi connectivity index (χ3n) is 2.75. The van der Waals surface area contributed by atoms with Crippen LogP contribution in [0.5, 0.6) is 0 Å². The zero-order valence-corrected chi connectivity index (χ0v) is 8.74. The zero-order valence-electron chi connectivity index (χ0n) is 8.74. The number of hydrogen-bond donors (Lipinski definition) is 1. The fourth-order valence-electron chi connectivity index (χ4n) is 1.92. The maximum absolute atomic E-state index is 11.5. The highest BCUT2D eigenvalue weighted by molar-refractivity contribution is 5.95. The average molecular weight is 200 g/mol. The molecule has 0 saturated heterocycles. The van der Waals surface area contributed by atoms with Crippen molar-refractivity contribution in [3.05, 3.63) is 0 Å². The van der Waals surface area contributed by atoms with Crippen molar-refractivity contribution in [2.24, 2.45) is 11.8 Å². The molecule has 0 aromatic rings. The van der Waals surface area contributed by atoms with E-state index in [9.17, 15) is 14.7 Å². The van der Waals surface area contributed by atoms with Crippen LogP contribution in [0.2, 0.25) is 0 Å². The molecule has 1 rings (SSSR count). The fraction of sp³-hybridized carbons (Fsp3) is 0.800. The maximum atomic E-state index is 11.5. The van der Waals surface area contributed by atoms with Gasteiger partial charge in [-0.15, -0.1) is 0 Å². The molecular weight excluding hydrogens is 184 g/mol. The largest absolute Gasteiger partial charge is 0.466 e. The first-order chi connectivity index (χ1) is 6.40. The first kappa shape index (κ1) is 11.2. The number of carbonyl (C=O) groups is 2. The van der Waals surface area contributed by atoms with Gasteiger partial charge in [0.1, 0.15) is 5.60 Å². The van der Waals surface area contributed by atoms with Crippen molar-refractivity contribution in [3.63, 3.8) is 0 Å². The Morgan fingerprint density at radius 1 is 1.71 bits per heavy atom. The summed E-state index contributed by atoms with van der Waals surface area (Å²) >= 11 is 0. The lowest BCUT2D eigenvalue weighted by Gasteiger charge is -2.13. The molecule has 0 heterocycles. The van der Waals surface area contributed by atoms with Crippen molar-refractivity contribution in [1.29, 1.82) is 0 Å². The highest BCUT2D eigenvalue weighted by Crippen LogP contribution is 2.36. The highest BCUT2D eigenvalue weighted by atomic mass is 16.5. The number of esters is 1. The minimum atomic E-state index is -1.36. The second kappa shape index (κ2) is 3.69. The number of Topliss-reactive ketones (excluding diaryl/α,β-unsaturated/α-hetero) is 1. The van der Waals surface area contributed by atoms with E-state index in [0.29, 0.717) is 6.61 Å². The lowest BCUT2D eigenvalue weighted by molar-refractivity contribution is -0.150. The monoisotopic (exact) mass is 200 g/mol. The van der Waals surface area contributed by atoms with Crippen molar-refractivity contribution in [2.75, 3.05) is 6.61 Å². The molecule has 0 aliphatic heterocycles. The van der Waals surface area contributed by atoms with Crippen LogP contribution in [0.4, 0.5) is 0 Å². The smallest absolute Gasteiger partial charge is 0.309 e. The van der Waals surface area contributed by atoms with Crippen molar-refractivity contribution in [3.8, 4) is 0 Å². The number of carbonyl (C=O) groups excluding carboxylic acids is 2. The van der Waals surface area contributed by atoms with Crippen LogP contribution in [0, 0.1) is 11.8 Å². The molecule has 0 spiro atoms. The summed E-state index contributed by atoms with van der Waals surface area (Å²) in [7, 11) is 0. The van der Waals surface area contributed by atoms with Gasteiger partial charge in [0.15, 0.2) is 5.78 Å². The molecule has 0 bridgehead atoms. The Morgan fingerprint density at radius 2 is 2.29 bits per heavy atom. The molecule has 1 fully saturated rings. The van der Waals surface area contributed by atoms with Crippen LogP contribution >= 0.6 is 0 Å². The summed E-state index contributed by atoms with van der Waals surface area (Å²) in [5.41, 5.74) is -1.36. The fourth-order valence-corrected chi connectivity index (χ4v) is 1.92. The Morgan fingerprint density at radius 3 is 2.64 bits per heavy atom. The summed E-state index contributed by atoms with van der Waals surface area (Å²) in [5, 5.41) is 9.66. The Bertz CT molecular complexity index is 257. The van der Waals surface area contributed by atoms with Gasteiger partial charge >= 0.3 is 5.97 Å². The van der Waals surface area contributed by atoms with Gasteiger partial charge in [0.05, 0.1) is 12.5 Å². The van der Waals surface area contributed by atoms with Gasteiger partial charge in [0, 0.05) is 5.92 Å². The number of aliphatic hydroxyl groups is 1. The van der Waals surface area contributed by atoms with Crippen LogP contribution < -0.4 is 0 Å². The molecule has 1 aliphatic carbocycles. The molecule has 3 atom stereocenters. The first-order valence-electron chi connectivity index (χ1n) is 4.83. The number of ketones is 1. The van der Waals surface area contributed by atoms with Crippen LogP contribution in [0.15, 0.2) is 0 Å². The predicted octanol–water partition coefficient (Wildman–Crippen LogP) is 0.526. The van der Waals surface area contributed by atoms with Gasteiger partial charge in [-0.2, -0.15) is 0 Å². The van der Waals surface area contributed by atoms with Gasteiger partial charge in [-0.1, -0.05) is 6.92 Å². The molecule has 1 N–H and O–H groups in total. The molecular formula is C10H16O4. The molecule has 80 valence electrons. The highest BCUT2D eigenvalue weighted by Gasteiger charge is 2.50. The molecule has 0 aromatic carbocycles. The number of hydrogen-bond acceptors (Lipinski definition) is 4. The van der Waals surface area contributed by atoms with Gasteiger partial charge in [-0.3, -0.25) is 9.59 Å². The van der Waals surface area contributed by atoms with E-state index >= 15 is 0 Å². The van der Waals surface area contributed by atoms with Crippen molar-refractivity contribution < 1.29 is 19.4 Å². The van der Waals surface area contributed by atoms with Gasteiger partial charge in [-0.25, -0.2) is 0 Å². The normalized spacial score (nSPS) is 37.3. The summed E-state index contributed by atoms with van der Waals surface area (Å²) in [6, 6.07) is 0. The van der Waals surface area contributed by atoms with Crippen LogP contribution in [0.1, 0.15) is 27.2 Å². The van der Waals surface area contributed by atoms with Gasteiger partial charge < -0.3 is 9.84 Å². The average Bonchev–Trinajstić information content (AvgIpc) is 2.30. The minimum absolute atomic E-state index is 0.172. The number of rotatable bonds is 2. The second-order valence-electron chi connectivity index (χ2n) is 3.99. The molecule has 0 unspecified atom stereocenters. The Hall–Kier alpha value is -0.900.